The maximum Gasteiger partial charge on any atom is 0.0465 e. The van der Waals surface area contributed by atoms with Crippen LogP contribution < -0.4 is 0 Å². The average Bonchev–Trinajstić information content (AvgIpc) is 1.80. The first kappa shape index (κ1) is 8.70. The molecule has 0 saturated heterocycles. The van der Waals surface area contributed by atoms with Gasteiger partial charge in [0.25, 0.3) is 0 Å². The highest BCUT2D eigenvalue weighted by molar-refractivity contribution is 4.81. The van der Waals surface area contributed by atoms with E-state index in [1.54, 1.807) is 0 Å². The standard InChI is InChI=1S/C8H16O/c1-8(2)6-4-3-5-7-9/h3-4,8-9H,5-7H2,1-2H3/b4-3+. The number of allylic oxidation sites excluding steroid dienone is 1. The summed E-state index contributed by atoms with van der Waals surface area (Å²) in [5, 5.41) is 8.38. The Balaban J connectivity index is 3.04. The molecular formula is C8H16O. The maximum atomic E-state index is 8.38. The molecule has 0 heterocycles. The Bertz CT molecular complexity index is 74.6. The van der Waals surface area contributed by atoms with Gasteiger partial charge in [-0.3, -0.25) is 0 Å². The molecule has 0 aromatic rings. The minimum atomic E-state index is 0.272. The van der Waals surface area contributed by atoms with Gasteiger partial charge in [-0.1, -0.05) is 26.0 Å². The van der Waals surface area contributed by atoms with Gasteiger partial charge in [-0.05, 0) is 18.8 Å². The van der Waals surface area contributed by atoms with Gasteiger partial charge in [0.1, 0.15) is 0 Å². The summed E-state index contributed by atoms with van der Waals surface area (Å²) in [7, 11) is 0. The molecule has 0 amide bonds. The van der Waals surface area contributed by atoms with Crippen LogP contribution in [0.3, 0.4) is 0 Å². The van der Waals surface area contributed by atoms with E-state index in [2.05, 4.69) is 19.9 Å². The van der Waals surface area contributed by atoms with E-state index in [-0.39, 0.29) is 6.61 Å². The van der Waals surface area contributed by atoms with Crippen LogP contribution in [-0.4, -0.2) is 11.7 Å². The first-order chi connectivity index (χ1) is 4.27. The van der Waals surface area contributed by atoms with Crippen LogP contribution in [0.2, 0.25) is 0 Å². The first-order valence-electron chi connectivity index (χ1n) is 3.53. The second-order valence-electron chi connectivity index (χ2n) is 2.61. The molecule has 0 fully saturated rings. The molecule has 1 N–H and O–H groups in total. The fourth-order valence-electron chi connectivity index (χ4n) is 0.561. The molecule has 0 bridgehead atoms. The first-order valence-corrected chi connectivity index (χ1v) is 3.53. The van der Waals surface area contributed by atoms with Crippen LogP contribution >= 0.6 is 0 Å². The van der Waals surface area contributed by atoms with Gasteiger partial charge in [0.15, 0.2) is 0 Å². The summed E-state index contributed by atoms with van der Waals surface area (Å²) >= 11 is 0. The van der Waals surface area contributed by atoms with Crippen LogP contribution in [0.15, 0.2) is 12.2 Å². The Labute approximate surface area is 57.4 Å². The number of hydrogen-bond acceptors (Lipinski definition) is 1. The SMILES string of the molecule is CC(C)C/C=C/CCO. The van der Waals surface area contributed by atoms with Crippen LogP contribution in [0, 0.1) is 5.92 Å². The summed E-state index contributed by atoms with van der Waals surface area (Å²) in [5.41, 5.74) is 0. The van der Waals surface area contributed by atoms with E-state index in [0.29, 0.717) is 0 Å². The predicted molar refractivity (Wildman–Crippen MR) is 40.3 cm³/mol. The molecule has 0 aromatic heterocycles. The van der Waals surface area contributed by atoms with Crippen molar-refractivity contribution < 1.29 is 5.11 Å². The number of hydrogen-bond donors (Lipinski definition) is 1. The van der Waals surface area contributed by atoms with Gasteiger partial charge in [0, 0.05) is 6.61 Å². The zero-order chi connectivity index (χ0) is 7.11. The Hall–Kier alpha value is -0.300. The maximum absolute atomic E-state index is 8.38. The summed E-state index contributed by atoms with van der Waals surface area (Å²) in [4.78, 5) is 0. The van der Waals surface area contributed by atoms with Crippen LogP contribution in [0.1, 0.15) is 26.7 Å². The topological polar surface area (TPSA) is 20.2 Å². The molecule has 0 aliphatic carbocycles. The Kier molecular flexibility index (Phi) is 5.64. The lowest BCUT2D eigenvalue weighted by Crippen LogP contribution is -1.82. The van der Waals surface area contributed by atoms with E-state index in [1.165, 1.54) is 0 Å². The minimum absolute atomic E-state index is 0.272. The van der Waals surface area contributed by atoms with Gasteiger partial charge in [-0.2, -0.15) is 0 Å². The summed E-state index contributed by atoms with van der Waals surface area (Å²) in [5.74, 6) is 0.736. The lowest BCUT2D eigenvalue weighted by molar-refractivity contribution is 0.302. The van der Waals surface area contributed by atoms with Crippen LogP contribution in [0.5, 0.6) is 0 Å². The van der Waals surface area contributed by atoms with Crippen molar-refractivity contribution >= 4 is 0 Å². The number of aliphatic hydroxyl groups is 1. The fraction of sp³-hybridized carbons (Fsp3) is 0.750. The molecule has 0 aromatic carbocycles. The van der Waals surface area contributed by atoms with Crippen LogP contribution in [0.4, 0.5) is 0 Å². The second kappa shape index (κ2) is 5.83. The highest BCUT2D eigenvalue weighted by Crippen LogP contribution is 1.99. The van der Waals surface area contributed by atoms with Crippen molar-refractivity contribution in [3.8, 4) is 0 Å². The average molecular weight is 128 g/mol. The smallest absolute Gasteiger partial charge is 0.0465 e. The summed E-state index contributed by atoms with van der Waals surface area (Å²) < 4.78 is 0. The molecule has 0 radical (unpaired) electrons. The van der Waals surface area contributed by atoms with E-state index in [4.69, 9.17) is 5.11 Å². The van der Waals surface area contributed by atoms with Crippen LogP contribution in [0.25, 0.3) is 0 Å². The largest absolute Gasteiger partial charge is 0.396 e. The molecule has 9 heavy (non-hydrogen) atoms. The van der Waals surface area contributed by atoms with Crippen molar-refractivity contribution in [1.82, 2.24) is 0 Å². The van der Waals surface area contributed by atoms with Crippen molar-refractivity contribution in [1.29, 1.82) is 0 Å². The van der Waals surface area contributed by atoms with E-state index in [1.807, 2.05) is 6.08 Å². The molecule has 0 aliphatic heterocycles. The van der Waals surface area contributed by atoms with Crippen molar-refractivity contribution in [3.63, 3.8) is 0 Å². The number of rotatable bonds is 4. The monoisotopic (exact) mass is 128 g/mol. The van der Waals surface area contributed by atoms with Gasteiger partial charge in [-0.15, -0.1) is 0 Å². The van der Waals surface area contributed by atoms with E-state index in [0.717, 1.165) is 18.8 Å². The molecule has 0 spiro atoms. The lowest BCUT2D eigenvalue weighted by atomic mass is 10.1. The normalized spacial score (nSPS) is 11.6. The van der Waals surface area contributed by atoms with E-state index in [9.17, 15) is 0 Å². The second-order valence-corrected chi connectivity index (χ2v) is 2.61. The molecule has 0 rings (SSSR count). The highest BCUT2D eigenvalue weighted by atomic mass is 16.2. The predicted octanol–water partition coefficient (Wildman–Crippen LogP) is 1.97. The van der Waals surface area contributed by atoms with E-state index < -0.39 is 0 Å². The zero-order valence-corrected chi connectivity index (χ0v) is 6.30. The van der Waals surface area contributed by atoms with E-state index >= 15 is 0 Å². The molecule has 0 aliphatic rings. The highest BCUT2D eigenvalue weighted by Gasteiger charge is 1.85. The van der Waals surface area contributed by atoms with Gasteiger partial charge < -0.3 is 5.11 Å². The van der Waals surface area contributed by atoms with Crippen molar-refractivity contribution in [2.24, 2.45) is 5.92 Å². The molecule has 1 heteroatoms. The summed E-state index contributed by atoms with van der Waals surface area (Å²) in [6.45, 7) is 4.64. The fourth-order valence-corrected chi connectivity index (χ4v) is 0.561. The Morgan fingerprint density at radius 1 is 1.33 bits per heavy atom. The van der Waals surface area contributed by atoms with Gasteiger partial charge >= 0.3 is 0 Å². The molecule has 0 saturated carbocycles. The minimum Gasteiger partial charge on any atom is -0.396 e. The Morgan fingerprint density at radius 2 is 2.00 bits per heavy atom. The van der Waals surface area contributed by atoms with Gasteiger partial charge in [0.2, 0.25) is 0 Å². The zero-order valence-electron chi connectivity index (χ0n) is 6.30. The molecular weight excluding hydrogens is 112 g/mol. The van der Waals surface area contributed by atoms with Crippen molar-refractivity contribution in [2.45, 2.75) is 26.7 Å². The third kappa shape index (κ3) is 7.70. The van der Waals surface area contributed by atoms with Crippen molar-refractivity contribution in [2.75, 3.05) is 6.61 Å². The molecule has 0 atom stereocenters. The quantitative estimate of drug-likeness (QED) is 0.574. The summed E-state index contributed by atoms with van der Waals surface area (Å²) in [6, 6.07) is 0. The third-order valence-corrected chi connectivity index (χ3v) is 1.07. The molecule has 1 nitrogen and oxygen atoms in total. The van der Waals surface area contributed by atoms with Gasteiger partial charge in [0.05, 0.1) is 0 Å². The molecule has 0 unspecified atom stereocenters. The van der Waals surface area contributed by atoms with Crippen LogP contribution in [-0.2, 0) is 0 Å². The Morgan fingerprint density at radius 3 is 2.44 bits per heavy atom. The summed E-state index contributed by atoms with van der Waals surface area (Å²) in [6.07, 6.45) is 6.08. The third-order valence-electron chi connectivity index (χ3n) is 1.07. The number of aliphatic hydroxyl groups excluding tert-OH is 1. The molecule has 54 valence electrons. The lowest BCUT2D eigenvalue weighted by Gasteiger charge is -1.95. The van der Waals surface area contributed by atoms with Crippen molar-refractivity contribution in [3.05, 3.63) is 12.2 Å². The van der Waals surface area contributed by atoms with Gasteiger partial charge in [-0.25, -0.2) is 0 Å².